The fourth-order valence-corrected chi connectivity index (χ4v) is 2.23. The highest BCUT2D eigenvalue weighted by molar-refractivity contribution is 5.97. The number of hydrogen-bond donors (Lipinski definition) is 3. The van der Waals surface area contributed by atoms with Gasteiger partial charge in [0.1, 0.15) is 5.82 Å². The fourth-order valence-electron chi connectivity index (χ4n) is 2.23. The number of aryl methyl sites for hydroxylation is 1. The Morgan fingerprint density at radius 1 is 1.00 bits per heavy atom. The SMILES string of the molecule is CCNc1cc(C)nc(NCCNC(=O)c2ccc(C(C)=O)cc2)n1. The van der Waals surface area contributed by atoms with E-state index in [1.807, 2.05) is 19.9 Å². The zero-order valence-corrected chi connectivity index (χ0v) is 14.7. The lowest BCUT2D eigenvalue weighted by atomic mass is 10.1. The molecule has 0 atom stereocenters. The number of Topliss-reactive ketones (excluding diaryl/α,β-unsaturated/α-hetero) is 1. The molecule has 7 heteroatoms. The van der Waals surface area contributed by atoms with Gasteiger partial charge >= 0.3 is 0 Å². The van der Waals surface area contributed by atoms with Crippen LogP contribution in [-0.4, -0.2) is 41.3 Å². The molecule has 3 N–H and O–H groups in total. The first-order valence-corrected chi connectivity index (χ1v) is 8.22. The minimum Gasteiger partial charge on any atom is -0.370 e. The van der Waals surface area contributed by atoms with E-state index >= 15 is 0 Å². The molecule has 132 valence electrons. The fraction of sp³-hybridized carbons (Fsp3) is 0.333. The predicted octanol–water partition coefficient (Wildman–Crippen LogP) is 2.26. The van der Waals surface area contributed by atoms with Crippen LogP contribution in [0.5, 0.6) is 0 Å². The summed E-state index contributed by atoms with van der Waals surface area (Å²) in [7, 11) is 0. The second-order valence-corrected chi connectivity index (χ2v) is 5.56. The second kappa shape index (κ2) is 8.77. The van der Waals surface area contributed by atoms with Crippen LogP contribution in [0.2, 0.25) is 0 Å². The Bertz CT molecular complexity index is 744. The molecule has 0 aliphatic carbocycles. The molecule has 1 amide bonds. The smallest absolute Gasteiger partial charge is 0.251 e. The lowest BCUT2D eigenvalue weighted by molar-refractivity contribution is 0.0953. The Balaban J connectivity index is 1.82. The van der Waals surface area contributed by atoms with Crippen LogP contribution >= 0.6 is 0 Å². The number of amides is 1. The van der Waals surface area contributed by atoms with Crippen molar-refractivity contribution in [2.75, 3.05) is 30.3 Å². The molecule has 0 aliphatic rings. The van der Waals surface area contributed by atoms with Crippen LogP contribution in [0.15, 0.2) is 30.3 Å². The molecule has 25 heavy (non-hydrogen) atoms. The number of carbonyl (C=O) groups excluding carboxylic acids is 2. The van der Waals surface area contributed by atoms with Crippen molar-refractivity contribution in [3.63, 3.8) is 0 Å². The topological polar surface area (TPSA) is 96.0 Å². The molecule has 0 unspecified atom stereocenters. The Labute approximate surface area is 147 Å². The van der Waals surface area contributed by atoms with Gasteiger partial charge < -0.3 is 16.0 Å². The maximum atomic E-state index is 12.1. The van der Waals surface area contributed by atoms with Gasteiger partial charge in [-0.15, -0.1) is 0 Å². The molecule has 0 saturated carbocycles. The number of nitrogens with zero attached hydrogens (tertiary/aromatic N) is 2. The van der Waals surface area contributed by atoms with Gasteiger partial charge in [0.25, 0.3) is 5.91 Å². The first-order valence-electron chi connectivity index (χ1n) is 8.22. The third-order valence-electron chi connectivity index (χ3n) is 3.46. The third kappa shape index (κ3) is 5.56. The van der Waals surface area contributed by atoms with Gasteiger partial charge in [0.2, 0.25) is 5.95 Å². The average Bonchev–Trinajstić information content (AvgIpc) is 2.58. The third-order valence-corrected chi connectivity index (χ3v) is 3.46. The standard InChI is InChI=1S/C18H23N5O2/c1-4-19-16-11-12(2)22-18(23-16)21-10-9-20-17(25)15-7-5-14(6-8-15)13(3)24/h5-8,11H,4,9-10H2,1-3H3,(H,20,25)(H2,19,21,22,23). The van der Waals surface area contributed by atoms with Gasteiger partial charge in [-0.05, 0) is 32.9 Å². The number of aromatic nitrogens is 2. The molecular weight excluding hydrogens is 318 g/mol. The first-order chi connectivity index (χ1) is 12.0. The number of nitrogens with one attached hydrogen (secondary N) is 3. The highest BCUT2D eigenvalue weighted by atomic mass is 16.1. The van der Waals surface area contributed by atoms with E-state index in [-0.39, 0.29) is 11.7 Å². The predicted molar refractivity (Wildman–Crippen MR) is 98.2 cm³/mol. The number of hydrogen-bond acceptors (Lipinski definition) is 6. The van der Waals surface area contributed by atoms with Gasteiger partial charge in [-0.3, -0.25) is 9.59 Å². The van der Waals surface area contributed by atoms with Gasteiger partial charge in [0.15, 0.2) is 5.78 Å². The van der Waals surface area contributed by atoms with E-state index in [9.17, 15) is 9.59 Å². The summed E-state index contributed by atoms with van der Waals surface area (Å²) < 4.78 is 0. The summed E-state index contributed by atoms with van der Waals surface area (Å²) in [5, 5.41) is 9.05. The van der Waals surface area contributed by atoms with Crippen LogP contribution in [0.1, 0.15) is 40.3 Å². The Morgan fingerprint density at radius 2 is 1.68 bits per heavy atom. The molecule has 0 fully saturated rings. The summed E-state index contributed by atoms with van der Waals surface area (Å²) in [5.74, 6) is 1.09. The molecule has 2 aromatic rings. The largest absolute Gasteiger partial charge is 0.370 e. The van der Waals surface area contributed by atoms with Crippen LogP contribution in [0, 0.1) is 6.92 Å². The van der Waals surface area contributed by atoms with Crippen LogP contribution in [0.25, 0.3) is 0 Å². The molecule has 2 rings (SSSR count). The summed E-state index contributed by atoms with van der Waals surface area (Å²) in [6, 6.07) is 8.47. The van der Waals surface area contributed by atoms with Crippen LogP contribution < -0.4 is 16.0 Å². The van der Waals surface area contributed by atoms with Crippen molar-refractivity contribution in [2.24, 2.45) is 0 Å². The monoisotopic (exact) mass is 341 g/mol. The summed E-state index contributed by atoms with van der Waals surface area (Å²) in [6.45, 7) is 7.13. The molecule has 0 spiro atoms. The van der Waals surface area contributed by atoms with Crippen LogP contribution in [0.3, 0.4) is 0 Å². The van der Waals surface area contributed by atoms with Crippen molar-refractivity contribution >= 4 is 23.5 Å². The number of rotatable bonds is 8. The molecule has 0 aliphatic heterocycles. The maximum Gasteiger partial charge on any atom is 0.251 e. The zero-order valence-electron chi connectivity index (χ0n) is 14.7. The Kier molecular flexibility index (Phi) is 6.45. The van der Waals surface area contributed by atoms with E-state index in [0.29, 0.717) is 30.2 Å². The first kappa shape index (κ1) is 18.4. The minimum atomic E-state index is -0.185. The van der Waals surface area contributed by atoms with E-state index in [4.69, 9.17) is 0 Å². The highest BCUT2D eigenvalue weighted by Gasteiger charge is 2.06. The van der Waals surface area contributed by atoms with E-state index in [0.717, 1.165) is 18.1 Å². The molecule has 1 aromatic heterocycles. The van der Waals surface area contributed by atoms with Crippen molar-refractivity contribution < 1.29 is 9.59 Å². The second-order valence-electron chi connectivity index (χ2n) is 5.56. The Hall–Kier alpha value is -2.96. The summed E-state index contributed by atoms with van der Waals surface area (Å²) in [4.78, 5) is 32.0. The lowest BCUT2D eigenvalue weighted by Crippen LogP contribution is -2.29. The molecule has 1 heterocycles. The van der Waals surface area contributed by atoms with Gasteiger partial charge in [-0.1, -0.05) is 12.1 Å². The van der Waals surface area contributed by atoms with E-state index < -0.39 is 0 Å². The summed E-state index contributed by atoms with van der Waals surface area (Å²) in [6.07, 6.45) is 0. The number of anilines is 2. The average molecular weight is 341 g/mol. The zero-order chi connectivity index (χ0) is 18.2. The Morgan fingerprint density at radius 3 is 2.32 bits per heavy atom. The number of carbonyl (C=O) groups is 2. The van der Waals surface area contributed by atoms with Crippen LogP contribution in [-0.2, 0) is 0 Å². The summed E-state index contributed by atoms with van der Waals surface area (Å²) in [5.41, 5.74) is 1.97. The summed E-state index contributed by atoms with van der Waals surface area (Å²) >= 11 is 0. The van der Waals surface area contributed by atoms with E-state index in [2.05, 4.69) is 25.9 Å². The van der Waals surface area contributed by atoms with Crippen molar-refractivity contribution in [3.05, 3.63) is 47.2 Å². The quantitative estimate of drug-likeness (QED) is 0.503. The highest BCUT2D eigenvalue weighted by Crippen LogP contribution is 2.09. The molecule has 1 aromatic carbocycles. The minimum absolute atomic E-state index is 0.0220. The number of ketones is 1. The van der Waals surface area contributed by atoms with Crippen molar-refractivity contribution in [3.8, 4) is 0 Å². The maximum absolute atomic E-state index is 12.1. The molecule has 0 saturated heterocycles. The molecular formula is C18H23N5O2. The molecule has 0 radical (unpaired) electrons. The van der Waals surface area contributed by atoms with Crippen molar-refractivity contribution in [2.45, 2.75) is 20.8 Å². The number of benzene rings is 1. The molecule has 0 bridgehead atoms. The van der Waals surface area contributed by atoms with Crippen molar-refractivity contribution in [1.29, 1.82) is 0 Å². The van der Waals surface area contributed by atoms with Crippen molar-refractivity contribution in [1.82, 2.24) is 15.3 Å². The lowest BCUT2D eigenvalue weighted by Gasteiger charge is -2.09. The van der Waals surface area contributed by atoms with Gasteiger partial charge in [0, 0.05) is 42.5 Å². The van der Waals surface area contributed by atoms with Crippen LogP contribution in [0.4, 0.5) is 11.8 Å². The van der Waals surface area contributed by atoms with Gasteiger partial charge in [0.05, 0.1) is 0 Å². The van der Waals surface area contributed by atoms with Gasteiger partial charge in [-0.25, -0.2) is 4.98 Å². The normalized spacial score (nSPS) is 10.2. The van der Waals surface area contributed by atoms with Gasteiger partial charge in [-0.2, -0.15) is 4.98 Å². The molecule has 7 nitrogen and oxygen atoms in total. The van der Waals surface area contributed by atoms with E-state index in [1.54, 1.807) is 24.3 Å². The van der Waals surface area contributed by atoms with E-state index in [1.165, 1.54) is 6.92 Å².